The minimum Gasteiger partial charge on any atom is -1.00 e. The van der Waals surface area contributed by atoms with E-state index in [0.29, 0.717) is 0 Å². The molecule has 35 valence electrons. The van der Waals surface area contributed by atoms with Crippen LogP contribution in [0.1, 0.15) is 7.43 Å². The molecule has 0 aromatic rings. The zero-order chi connectivity index (χ0) is 0. The average molecular weight is 125 g/mol. The Bertz CT molecular complexity index is 6.85. The molecule has 0 amide bonds. The summed E-state index contributed by atoms with van der Waals surface area (Å²) in [5.74, 6) is 0. The van der Waals surface area contributed by atoms with Gasteiger partial charge < -0.3 is 14.1 Å². The van der Waals surface area contributed by atoms with Crippen LogP contribution in [0.25, 0.3) is 0 Å². The molecule has 0 aliphatic heterocycles. The van der Waals surface area contributed by atoms with Gasteiger partial charge in [-0.1, -0.05) is 7.43 Å². The van der Waals surface area contributed by atoms with Crippen molar-refractivity contribution in [1.29, 1.82) is 0 Å². The fraction of sp³-hybridized carbons (Fsp3) is 1.00. The topological polar surface area (TPSA) is 0 Å². The Morgan fingerprint density at radius 2 is 0.600 bits per heavy atom. The summed E-state index contributed by atoms with van der Waals surface area (Å²) in [5, 5.41) is 0. The third-order valence-electron chi connectivity index (χ3n) is 0. The number of hydrogen-bond acceptors (Lipinski definition) is 0. The van der Waals surface area contributed by atoms with E-state index < -0.39 is 0 Å². The van der Waals surface area contributed by atoms with Crippen LogP contribution in [-0.2, 0) is 17.4 Å². The van der Waals surface area contributed by atoms with Crippen molar-refractivity contribution in [2.24, 2.45) is 0 Å². The van der Waals surface area contributed by atoms with E-state index in [-0.39, 0.29) is 38.9 Å². The van der Waals surface area contributed by atoms with Crippen molar-refractivity contribution in [2.45, 2.75) is 7.43 Å². The molecule has 0 saturated carbocycles. The first kappa shape index (κ1) is 956. The van der Waals surface area contributed by atoms with Gasteiger partial charge >= 0.3 is 17.4 Å². The molecule has 0 rings (SSSR count). The third-order valence-corrected chi connectivity index (χ3v) is 0. The summed E-state index contributed by atoms with van der Waals surface area (Å²) in [5.41, 5.74) is 0. The predicted octanol–water partition coefficient (Wildman–Crippen LogP) is -8.35. The maximum atomic E-state index is 0. The molecule has 0 unspecified atom stereocenters. The Balaban J connectivity index is 0. The first-order valence-electron chi connectivity index (χ1n) is 0. The van der Waals surface area contributed by atoms with Gasteiger partial charge in [0.15, 0.2) is 0 Å². The maximum absolute atomic E-state index is 0. The van der Waals surface area contributed by atoms with Crippen molar-refractivity contribution >= 4 is 0 Å². The van der Waals surface area contributed by atoms with E-state index in [1.54, 1.807) is 0 Å². The van der Waals surface area contributed by atoms with Crippen LogP contribution < -0.4 is 14.1 Å². The molecular weight excluding hydrogens is 121 g/mol. The summed E-state index contributed by atoms with van der Waals surface area (Å²) in [4.78, 5) is 0. The van der Waals surface area contributed by atoms with Crippen LogP contribution >= 0.6 is 0 Å². The van der Waals surface area contributed by atoms with E-state index in [0.717, 1.165) is 0 Å². The molecule has 0 heterocycles. The van der Waals surface area contributed by atoms with Crippen LogP contribution in [0.4, 0.5) is 0 Å². The van der Waals surface area contributed by atoms with Crippen molar-refractivity contribution in [3.05, 3.63) is 0 Å². The SMILES string of the molecule is C.[Cr+3].[F-].[F-].[F-]. The van der Waals surface area contributed by atoms with Crippen LogP contribution in [0.2, 0.25) is 0 Å². The zero-order valence-electron chi connectivity index (χ0n) is 1.54. The minimum atomic E-state index is 0. The normalized spacial score (nSPS) is 0. The molecule has 0 atom stereocenters. The van der Waals surface area contributed by atoms with Gasteiger partial charge in [0, 0.05) is 0 Å². The second-order valence-corrected chi connectivity index (χ2v) is 0. The summed E-state index contributed by atoms with van der Waals surface area (Å²) in [6.07, 6.45) is 0. The van der Waals surface area contributed by atoms with E-state index in [1.807, 2.05) is 0 Å². The van der Waals surface area contributed by atoms with Gasteiger partial charge in [0.1, 0.15) is 0 Å². The van der Waals surface area contributed by atoms with Crippen molar-refractivity contribution in [1.82, 2.24) is 0 Å². The smallest absolute Gasteiger partial charge is 1.00 e. The van der Waals surface area contributed by atoms with Crippen molar-refractivity contribution < 1.29 is 31.5 Å². The summed E-state index contributed by atoms with van der Waals surface area (Å²) in [6, 6.07) is 0. The van der Waals surface area contributed by atoms with Gasteiger partial charge in [-0.25, -0.2) is 0 Å². The molecule has 4 heteroatoms. The van der Waals surface area contributed by atoms with Crippen LogP contribution in [0.15, 0.2) is 0 Å². The molecule has 0 aromatic carbocycles. The Morgan fingerprint density at radius 1 is 0.600 bits per heavy atom. The van der Waals surface area contributed by atoms with E-state index in [4.69, 9.17) is 0 Å². The van der Waals surface area contributed by atoms with Crippen molar-refractivity contribution in [3.8, 4) is 0 Å². The van der Waals surface area contributed by atoms with Crippen LogP contribution in [-0.4, -0.2) is 0 Å². The van der Waals surface area contributed by atoms with Gasteiger partial charge in [0.05, 0.1) is 0 Å². The second-order valence-electron chi connectivity index (χ2n) is 0. The molecular formula is CH4CrF3. The zero-order valence-corrected chi connectivity index (χ0v) is 2.82. The van der Waals surface area contributed by atoms with Gasteiger partial charge in [-0.2, -0.15) is 0 Å². The van der Waals surface area contributed by atoms with Gasteiger partial charge in [-0.15, -0.1) is 0 Å². The monoisotopic (exact) mass is 125 g/mol. The largest absolute Gasteiger partial charge is 3.00 e. The summed E-state index contributed by atoms with van der Waals surface area (Å²) >= 11 is 0. The summed E-state index contributed by atoms with van der Waals surface area (Å²) in [7, 11) is 0. The summed E-state index contributed by atoms with van der Waals surface area (Å²) in [6.45, 7) is 0. The van der Waals surface area contributed by atoms with E-state index in [9.17, 15) is 0 Å². The predicted molar refractivity (Wildman–Crippen MR) is 6.73 cm³/mol. The van der Waals surface area contributed by atoms with Crippen molar-refractivity contribution in [3.63, 3.8) is 0 Å². The van der Waals surface area contributed by atoms with Gasteiger partial charge in [0.2, 0.25) is 0 Å². The molecule has 0 aromatic heterocycles. The third kappa shape index (κ3) is 224. The Hall–Kier alpha value is 0.322. The van der Waals surface area contributed by atoms with E-state index >= 15 is 0 Å². The molecule has 0 aliphatic rings. The molecule has 0 bridgehead atoms. The Kier molecular flexibility index (Phi) is 87800. The standard InChI is InChI=1S/CH4.Cr.3FH/h1H4;;3*1H/q;+3;;;/p-3. The number of hydrogen-bond donors (Lipinski definition) is 0. The molecule has 0 aliphatic carbocycles. The molecule has 1 radical (unpaired) electrons. The maximum Gasteiger partial charge on any atom is 3.00 e. The van der Waals surface area contributed by atoms with Crippen LogP contribution in [0, 0.1) is 0 Å². The second kappa shape index (κ2) is 459. The van der Waals surface area contributed by atoms with Crippen LogP contribution in [0.5, 0.6) is 0 Å². The fourth-order valence-corrected chi connectivity index (χ4v) is 0. The first-order valence-corrected chi connectivity index (χ1v) is 0. The molecule has 0 spiro atoms. The van der Waals surface area contributed by atoms with E-state index in [1.165, 1.54) is 0 Å². The molecule has 0 N–H and O–H groups in total. The first-order chi connectivity index (χ1) is 0. The van der Waals surface area contributed by atoms with E-state index in [2.05, 4.69) is 0 Å². The van der Waals surface area contributed by atoms with Crippen molar-refractivity contribution in [2.75, 3.05) is 0 Å². The molecule has 0 saturated heterocycles. The Labute approximate surface area is 39.8 Å². The average Bonchev–Trinajstić information content (AvgIpc) is 0. The van der Waals surface area contributed by atoms with Crippen LogP contribution in [0.3, 0.4) is 0 Å². The van der Waals surface area contributed by atoms with Gasteiger partial charge in [-0.05, 0) is 0 Å². The van der Waals surface area contributed by atoms with Gasteiger partial charge in [0.25, 0.3) is 0 Å². The molecule has 0 nitrogen and oxygen atoms in total. The minimum absolute atomic E-state index is 0. The number of rotatable bonds is 0. The Morgan fingerprint density at radius 3 is 0.600 bits per heavy atom. The fourth-order valence-electron chi connectivity index (χ4n) is 0. The molecule has 5 heavy (non-hydrogen) atoms. The summed E-state index contributed by atoms with van der Waals surface area (Å²) < 4.78 is 0. The quantitative estimate of drug-likeness (QED) is 0.301. The molecule has 0 fully saturated rings. The number of halogens is 3. The van der Waals surface area contributed by atoms with Gasteiger partial charge in [-0.3, -0.25) is 0 Å².